The molecule has 2 amide bonds. The first kappa shape index (κ1) is 22.5. The second-order valence-corrected chi connectivity index (χ2v) is 9.59. The number of anilines is 1. The Morgan fingerprint density at radius 1 is 1.13 bits per heavy atom. The summed E-state index contributed by atoms with van der Waals surface area (Å²) in [5.41, 5.74) is 0.471. The van der Waals surface area contributed by atoms with Crippen LogP contribution in [0.15, 0.2) is 41.8 Å². The lowest BCUT2D eigenvalue weighted by molar-refractivity contribution is -0.122. The van der Waals surface area contributed by atoms with E-state index in [1.807, 2.05) is 0 Å². The van der Waals surface area contributed by atoms with Crippen LogP contribution in [0, 0.1) is 5.92 Å². The van der Waals surface area contributed by atoms with Crippen molar-refractivity contribution in [3.8, 4) is 0 Å². The normalized spacial score (nSPS) is 21.4. The van der Waals surface area contributed by atoms with Gasteiger partial charge in [0.2, 0.25) is 21.8 Å². The molecule has 0 aromatic heterocycles. The molecule has 0 spiro atoms. The van der Waals surface area contributed by atoms with Gasteiger partial charge in [0.15, 0.2) is 0 Å². The second kappa shape index (κ2) is 10.2. The third-order valence-corrected chi connectivity index (χ3v) is 7.44. The molecule has 9 heteroatoms. The molecule has 3 rings (SSSR count). The van der Waals surface area contributed by atoms with Crippen LogP contribution in [0.25, 0.3) is 0 Å². The average molecular weight is 436 g/mol. The fourth-order valence-corrected chi connectivity index (χ4v) is 5.34. The molecule has 0 saturated carbocycles. The zero-order valence-corrected chi connectivity index (χ0v) is 17.8. The van der Waals surface area contributed by atoms with Gasteiger partial charge in [0, 0.05) is 44.0 Å². The van der Waals surface area contributed by atoms with Gasteiger partial charge in [-0.2, -0.15) is 4.31 Å². The van der Waals surface area contributed by atoms with Gasteiger partial charge in [0.25, 0.3) is 0 Å². The van der Waals surface area contributed by atoms with Crippen molar-refractivity contribution < 1.29 is 22.7 Å². The number of rotatable bonds is 6. The number of nitrogens with one attached hydrogen (secondary N) is 2. The number of carbonyl (C=O) groups is 2. The van der Waals surface area contributed by atoms with Crippen molar-refractivity contribution in [2.45, 2.75) is 43.0 Å². The number of nitrogens with zero attached hydrogens (tertiary/aromatic N) is 1. The van der Waals surface area contributed by atoms with E-state index in [1.54, 1.807) is 18.2 Å². The van der Waals surface area contributed by atoms with Crippen LogP contribution < -0.4 is 10.6 Å². The first-order chi connectivity index (χ1) is 14.4. The quantitative estimate of drug-likeness (QED) is 0.664. The Bertz CT molecular complexity index is 880. The van der Waals surface area contributed by atoms with Gasteiger partial charge in [0.1, 0.15) is 0 Å². The molecule has 2 aliphatic rings. The van der Waals surface area contributed by atoms with Gasteiger partial charge in [-0.05, 0) is 56.4 Å². The van der Waals surface area contributed by atoms with Gasteiger partial charge >= 0.3 is 0 Å². The van der Waals surface area contributed by atoms with Crippen molar-refractivity contribution in [3.63, 3.8) is 0 Å². The average Bonchev–Trinajstić information content (AvgIpc) is 3.00. The van der Waals surface area contributed by atoms with Crippen molar-refractivity contribution in [3.05, 3.63) is 36.9 Å². The molecule has 164 valence electrons. The number of amides is 2. The highest BCUT2D eigenvalue weighted by atomic mass is 32.2. The monoisotopic (exact) mass is 435 g/mol. The van der Waals surface area contributed by atoms with Gasteiger partial charge in [-0.25, -0.2) is 8.42 Å². The fraction of sp³-hybridized carbons (Fsp3) is 0.524. The van der Waals surface area contributed by atoms with E-state index < -0.39 is 10.0 Å². The minimum atomic E-state index is -3.70. The summed E-state index contributed by atoms with van der Waals surface area (Å²) in [5.74, 6) is -0.472. The van der Waals surface area contributed by atoms with Crippen LogP contribution in [0.4, 0.5) is 5.69 Å². The smallest absolute Gasteiger partial charge is 0.243 e. The zero-order valence-electron chi connectivity index (χ0n) is 17.0. The molecule has 0 aliphatic carbocycles. The van der Waals surface area contributed by atoms with Crippen LogP contribution in [0.3, 0.4) is 0 Å². The third-order valence-electron chi connectivity index (χ3n) is 5.55. The molecule has 2 N–H and O–H groups in total. The Balaban J connectivity index is 1.67. The molecule has 2 fully saturated rings. The lowest BCUT2D eigenvalue weighted by Gasteiger charge is -2.22. The highest BCUT2D eigenvalue weighted by Gasteiger charge is 2.28. The SMILES string of the molecule is C=CC(=O)NC1CCCN(S(=O)(=O)c2cccc(NC(=O)C3CCOCC3)c2)CC1. The predicted octanol–water partition coefficient (Wildman–Crippen LogP) is 1.90. The van der Waals surface area contributed by atoms with Crippen molar-refractivity contribution in [1.82, 2.24) is 9.62 Å². The molecule has 2 aliphatic heterocycles. The number of hydrogen-bond acceptors (Lipinski definition) is 5. The highest BCUT2D eigenvalue weighted by Crippen LogP contribution is 2.24. The van der Waals surface area contributed by atoms with Gasteiger partial charge in [-0.15, -0.1) is 0 Å². The van der Waals surface area contributed by atoms with Crippen molar-refractivity contribution >= 4 is 27.5 Å². The van der Waals surface area contributed by atoms with E-state index in [1.165, 1.54) is 16.4 Å². The van der Waals surface area contributed by atoms with E-state index in [0.29, 0.717) is 64.1 Å². The molecule has 2 heterocycles. The number of hydrogen-bond donors (Lipinski definition) is 2. The number of benzene rings is 1. The largest absolute Gasteiger partial charge is 0.381 e. The molecule has 0 bridgehead atoms. The molecule has 1 unspecified atom stereocenters. The van der Waals surface area contributed by atoms with Crippen molar-refractivity contribution in [1.29, 1.82) is 0 Å². The summed E-state index contributed by atoms with van der Waals surface area (Å²) in [6.07, 6.45) is 4.47. The van der Waals surface area contributed by atoms with Gasteiger partial charge < -0.3 is 15.4 Å². The minimum Gasteiger partial charge on any atom is -0.381 e. The predicted molar refractivity (Wildman–Crippen MR) is 113 cm³/mol. The standard InChI is InChI=1S/C21H29N3O5S/c1-2-20(25)22-17-6-4-11-24(12-8-17)30(27,28)19-7-3-5-18(15-19)23-21(26)16-9-13-29-14-10-16/h2-3,5,7,15-17H,1,4,6,8-14H2,(H,22,25)(H,23,26). The number of sulfonamides is 1. The first-order valence-electron chi connectivity index (χ1n) is 10.3. The maximum Gasteiger partial charge on any atom is 0.243 e. The molecule has 30 heavy (non-hydrogen) atoms. The molecule has 1 aromatic carbocycles. The summed E-state index contributed by atoms with van der Waals surface area (Å²) < 4.78 is 33.1. The van der Waals surface area contributed by atoms with E-state index in [2.05, 4.69) is 17.2 Å². The van der Waals surface area contributed by atoms with Crippen LogP contribution in [0.2, 0.25) is 0 Å². The summed E-state index contributed by atoms with van der Waals surface area (Å²) in [5, 5.41) is 5.69. The van der Waals surface area contributed by atoms with Crippen molar-refractivity contribution in [2.24, 2.45) is 5.92 Å². The zero-order chi connectivity index (χ0) is 21.6. The Morgan fingerprint density at radius 2 is 1.90 bits per heavy atom. The summed E-state index contributed by atoms with van der Waals surface area (Å²) in [6.45, 7) is 5.29. The van der Waals surface area contributed by atoms with E-state index in [9.17, 15) is 18.0 Å². The van der Waals surface area contributed by atoms with Crippen LogP contribution in [0.5, 0.6) is 0 Å². The lowest BCUT2D eigenvalue weighted by atomic mass is 9.99. The number of ether oxygens (including phenoxy) is 1. The van der Waals surface area contributed by atoms with Crippen LogP contribution >= 0.6 is 0 Å². The third kappa shape index (κ3) is 5.68. The lowest BCUT2D eigenvalue weighted by Crippen LogP contribution is -2.36. The highest BCUT2D eigenvalue weighted by molar-refractivity contribution is 7.89. The van der Waals surface area contributed by atoms with Gasteiger partial charge in [-0.1, -0.05) is 12.6 Å². The van der Waals surface area contributed by atoms with E-state index in [-0.39, 0.29) is 28.7 Å². The molecule has 8 nitrogen and oxygen atoms in total. The Labute approximate surface area is 177 Å². The van der Waals surface area contributed by atoms with E-state index >= 15 is 0 Å². The fourth-order valence-electron chi connectivity index (χ4n) is 3.80. The van der Waals surface area contributed by atoms with Crippen LogP contribution in [0.1, 0.15) is 32.1 Å². The molecular formula is C21H29N3O5S. The molecule has 1 atom stereocenters. The van der Waals surface area contributed by atoms with Crippen LogP contribution in [-0.2, 0) is 24.3 Å². The molecule has 2 saturated heterocycles. The summed E-state index contributed by atoms with van der Waals surface area (Å²) in [6, 6.07) is 6.31. The van der Waals surface area contributed by atoms with E-state index in [4.69, 9.17) is 4.74 Å². The Hall–Kier alpha value is -2.23. The molecule has 0 radical (unpaired) electrons. The Kier molecular flexibility index (Phi) is 7.63. The minimum absolute atomic E-state index is 0.0687. The summed E-state index contributed by atoms with van der Waals surface area (Å²) in [4.78, 5) is 24.1. The number of carbonyl (C=O) groups excluding carboxylic acids is 2. The first-order valence-corrected chi connectivity index (χ1v) is 11.8. The second-order valence-electron chi connectivity index (χ2n) is 7.65. The molecular weight excluding hydrogens is 406 g/mol. The molecule has 1 aromatic rings. The van der Waals surface area contributed by atoms with Crippen LogP contribution in [-0.4, -0.2) is 56.9 Å². The maximum atomic E-state index is 13.2. The van der Waals surface area contributed by atoms with Gasteiger partial charge in [-0.3, -0.25) is 9.59 Å². The summed E-state index contributed by atoms with van der Waals surface area (Å²) >= 11 is 0. The van der Waals surface area contributed by atoms with Gasteiger partial charge in [0.05, 0.1) is 4.90 Å². The Morgan fingerprint density at radius 3 is 2.63 bits per heavy atom. The summed E-state index contributed by atoms with van der Waals surface area (Å²) in [7, 11) is -3.70. The topological polar surface area (TPSA) is 105 Å². The van der Waals surface area contributed by atoms with Crippen molar-refractivity contribution in [2.75, 3.05) is 31.6 Å². The maximum absolute atomic E-state index is 13.2. The van der Waals surface area contributed by atoms with E-state index in [0.717, 1.165) is 0 Å².